The zero-order valence-electron chi connectivity index (χ0n) is 12.3. The molecule has 0 atom stereocenters. The number of aromatic nitrogens is 4. The van der Waals surface area contributed by atoms with Gasteiger partial charge in [0.15, 0.2) is 0 Å². The summed E-state index contributed by atoms with van der Waals surface area (Å²) >= 11 is 0. The highest BCUT2D eigenvalue weighted by Gasteiger charge is 2.14. The van der Waals surface area contributed by atoms with Crippen LogP contribution in [0.15, 0.2) is 36.8 Å². The van der Waals surface area contributed by atoms with Gasteiger partial charge in [-0.25, -0.2) is 15.0 Å². The van der Waals surface area contributed by atoms with Gasteiger partial charge in [0.25, 0.3) is 0 Å². The number of aromatic amines is 1. The molecule has 0 amide bonds. The number of hydrogen-bond acceptors (Lipinski definition) is 5. The van der Waals surface area contributed by atoms with Crippen LogP contribution >= 0.6 is 0 Å². The molecule has 1 aliphatic rings. The summed E-state index contributed by atoms with van der Waals surface area (Å²) in [6.07, 6.45) is 6.71. The number of rotatable bonds is 2. The van der Waals surface area contributed by atoms with E-state index < -0.39 is 0 Å². The van der Waals surface area contributed by atoms with E-state index in [1.54, 1.807) is 6.20 Å². The first-order valence-electron chi connectivity index (χ1n) is 7.63. The lowest BCUT2D eigenvalue weighted by Gasteiger charge is -2.19. The van der Waals surface area contributed by atoms with Gasteiger partial charge < -0.3 is 15.2 Å². The quantitative estimate of drug-likeness (QED) is 0.754. The van der Waals surface area contributed by atoms with Crippen molar-refractivity contribution in [2.45, 2.75) is 6.42 Å². The van der Waals surface area contributed by atoms with Gasteiger partial charge in [-0.2, -0.15) is 0 Å². The fourth-order valence-corrected chi connectivity index (χ4v) is 2.86. The van der Waals surface area contributed by atoms with E-state index >= 15 is 0 Å². The molecule has 6 nitrogen and oxygen atoms in total. The molecule has 1 fully saturated rings. The van der Waals surface area contributed by atoms with Crippen molar-refractivity contribution in [2.24, 2.45) is 0 Å². The maximum Gasteiger partial charge on any atom is 0.225 e. The van der Waals surface area contributed by atoms with Gasteiger partial charge in [0.2, 0.25) is 5.95 Å². The van der Waals surface area contributed by atoms with Crippen molar-refractivity contribution in [3.05, 3.63) is 36.8 Å². The van der Waals surface area contributed by atoms with Crippen LogP contribution in [0.1, 0.15) is 6.42 Å². The molecule has 3 aromatic rings. The Morgan fingerprint density at radius 3 is 3.05 bits per heavy atom. The van der Waals surface area contributed by atoms with Crippen LogP contribution in [-0.4, -0.2) is 46.1 Å². The molecule has 0 radical (unpaired) electrons. The van der Waals surface area contributed by atoms with E-state index in [-0.39, 0.29) is 0 Å². The average Bonchev–Trinajstić information content (AvgIpc) is 2.81. The monoisotopic (exact) mass is 294 g/mol. The highest BCUT2D eigenvalue weighted by molar-refractivity contribution is 5.92. The van der Waals surface area contributed by atoms with E-state index in [0.717, 1.165) is 60.8 Å². The summed E-state index contributed by atoms with van der Waals surface area (Å²) in [6, 6.07) is 5.96. The summed E-state index contributed by atoms with van der Waals surface area (Å²) in [5.74, 6) is 0.805. The van der Waals surface area contributed by atoms with Gasteiger partial charge in [-0.15, -0.1) is 0 Å². The van der Waals surface area contributed by atoms with E-state index in [0.29, 0.717) is 0 Å². The molecular weight excluding hydrogens is 276 g/mol. The predicted molar refractivity (Wildman–Crippen MR) is 86.8 cm³/mol. The lowest BCUT2D eigenvalue weighted by Crippen LogP contribution is -2.29. The van der Waals surface area contributed by atoms with Crippen LogP contribution < -0.4 is 10.2 Å². The minimum atomic E-state index is 0.805. The fraction of sp³-hybridized carbons (Fsp3) is 0.312. The molecule has 4 heterocycles. The van der Waals surface area contributed by atoms with E-state index in [2.05, 4.69) is 31.2 Å². The van der Waals surface area contributed by atoms with Crippen molar-refractivity contribution < 1.29 is 0 Å². The molecule has 3 aromatic heterocycles. The molecule has 112 valence electrons. The van der Waals surface area contributed by atoms with Gasteiger partial charge >= 0.3 is 0 Å². The zero-order valence-corrected chi connectivity index (χ0v) is 12.3. The maximum atomic E-state index is 4.77. The molecule has 22 heavy (non-hydrogen) atoms. The Hall–Kier alpha value is -2.47. The molecule has 0 aromatic carbocycles. The molecule has 6 heteroatoms. The Morgan fingerprint density at radius 1 is 1.05 bits per heavy atom. The summed E-state index contributed by atoms with van der Waals surface area (Å²) in [6.45, 7) is 3.97. The minimum Gasteiger partial charge on any atom is -0.345 e. The first-order valence-corrected chi connectivity index (χ1v) is 7.63. The number of H-pyrrole nitrogens is 1. The Balaban J connectivity index is 1.72. The van der Waals surface area contributed by atoms with E-state index in [1.165, 1.54) is 0 Å². The largest absolute Gasteiger partial charge is 0.345 e. The lowest BCUT2D eigenvalue weighted by molar-refractivity contribution is 0.724. The van der Waals surface area contributed by atoms with Crippen LogP contribution in [0.4, 0.5) is 5.95 Å². The number of nitrogens with one attached hydrogen (secondary N) is 2. The van der Waals surface area contributed by atoms with E-state index in [9.17, 15) is 0 Å². The van der Waals surface area contributed by atoms with Crippen LogP contribution in [0.2, 0.25) is 0 Å². The van der Waals surface area contributed by atoms with Crippen LogP contribution in [0.5, 0.6) is 0 Å². The van der Waals surface area contributed by atoms with Crippen molar-refractivity contribution in [3.63, 3.8) is 0 Å². The first kappa shape index (κ1) is 13.2. The van der Waals surface area contributed by atoms with Gasteiger partial charge in [-0.05, 0) is 31.2 Å². The summed E-state index contributed by atoms with van der Waals surface area (Å²) in [5, 5.41) is 4.49. The highest BCUT2D eigenvalue weighted by atomic mass is 15.3. The van der Waals surface area contributed by atoms with Gasteiger partial charge in [-0.3, -0.25) is 0 Å². The van der Waals surface area contributed by atoms with Crippen molar-refractivity contribution in [1.82, 2.24) is 25.3 Å². The van der Waals surface area contributed by atoms with Crippen LogP contribution in [0.3, 0.4) is 0 Å². The summed E-state index contributed by atoms with van der Waals surface area (Å²) in [7, 11) is 0. The normalized spacial score (nSPS) is 15.9. The molecule has 0 saturated carbocycles. The Morgan fingerprint density at radius 2 is 2.05 bits per heavy atom. The second kappa shape index (κ2) is 5.73. The lowest BCUT2D eigenvalue weighted by atomic mass is 10.1. The average molecular weight is 294 g/mol. The third-order valence-corrected chi connectivity index (χ3v) is 3.99. The molecule has 0 spiro atoms. The second-order valence-corrected chi connectivity index (χ2v) is 5.43. The van der Waals surface area contributed by atoms with Crippen LogP contribution in [-0.2, 0) is 0 Å². The second-order valence-electron chi connectivity index (χ2n) is 5.43. The summed E-state index contributed by atoms with van der Waals surface area (Å²) in [5.41, 5.74) is 2.89. The van der Waals surface area contributed by atoms with Crippen molar-refractivity contribution in [1.29, 1.82) is 0 Å². The van der Waals surface area contributed by atoms with E-state index in [4.69, 9.17) is 4.98 Å². The van der Waals surface area contributed by atoms with Gasteiger partial charge in [0.05, 0.1) is 5.69 Å². The standard InChI is InChI=1S/C16H18N6/c1-3-12-13(11-20-15(12)18-6-1)14-4-7-19-16(21-14)22-9-2-5-17-8-10-22/h1,3-4,6-7,11,17H,2,5,8-10H2,(H,18,20). The minimum absolute atomic E-state index is 0.805. The van der Waals surface area contributed by atoms with Crippen molar-refractivity contribution >= 4 is 17.0 Å². The molecule has 0 unspecified atom stereocenters. The molecular formula is C16H18N6. The van der Waals surface area contributed by atoms with Gasteiger partial charge in [0, 0.05) is 49.2 Å². The molecule has 0 aliphatic carbocycles. The maximum absolute atomic E-state index is 4.77. The Kier molecular flexibility index (Phi) is 3.44. The number of hydrogen-bond donors (Lipinski definition) is 2. The smallest absolute Gasteiger partial charge is 0.225 e. The zero-order chi connectivity index (χ0) is 14.8. The fourth-order valence-electron chi connectivity index (χ4n) is 2.86. The van der Waals surface area contributed by atoms with Gasteiger partial charge in [0.1, 0.15) is 5.65 Å². The van der Waals surface area contributed by atoms with Crippen molar-refractivity contribution in [2.75, 3.05) is 31.1 Å². The molecule has 1 aliphatic heterocycles. The number of fused-ring (bicyclic) bond motifs is 1. The highest BCUT2D eigenvalue weighted by Crippen LogP contribution is 2.26. The third kappa shape index (κ3) is 2.42. The Labute approximate surface area is 128 Å². The first-order chi connectivity index (χ1) is 10.9. The molecule has 1 saturated heterocycles. The SMILES string of the molecule is c1cnc2[nH]cc(-c3ccnc(N4CCCNCC4)n3)c2c1. The number of pyridine rings is 1. The number of nitrogens with zero attached hydrogens (tertiary/aromatic N) is 4. The summed E-state index contributed by atoms with van der Waals surface area (Å²) < 4.78 is 0. The molecule has 2 N–H and O–H groups in total. The van der Waals surface area contributed by atoms with E-state index in [1.807, 2.05) is 24.5 Å². The van der Waals surface area contributed by atoms with Gasteiger partial charge in [-0.1, -0.05) is 0 Å². The van der Waals surface area contributed by atoms with Crippen molar-refractivity contribution in [3.8, 4) is 11.3 Å². The third-order valence-electron chi connectivity index (χ3n) is 3.99. The molecule has 4 rings (SSSR count). The number of anilines is 1. The summed E-state index contributed by atoms with van der Waals surface area (Å²) in [4.78, 5) is 19.0. The molecule has 0 bridgehead atoms. The van der Waals surface area contributed by atoms with Crippen LogP contribution in [0, 0.1) is 0 Å². The Bertz CT molecular complexity index is 773. The topological polar surface area (TPSA) is 69.7 Å². The van der Waals surface area contributed by atoms with Crippen LogP contribution in [0.25, 0.3) is 22.3 Å². The predicted octanol–water partition coefficient (Wildman–Crippen LogP) is 1.82.